The molecule has 0 bridgehead atoms. The van der Waals surface area contributed by atoms with Crippen molar-refractivity contribution in [3.8, 4) is 0 Å². The third-order valence-electron chi connectivity index (χ3n) is 3.09. The Morgan fingerprint density at radius 3 is 2.71 bits per heavy atom. The summed E-state index contributed by atoms with van der Waals surface area (Å²) in [4.78, 5) is 31.5. The zero-order valence-electron chi connectivity index (χ0n) is 12.9. The zero-order valence-corrected chi connectivity index (χ0v) is 13.6. The highest BCUT2D eigenvalue weighted by atomic mass is 35.5. The zero-order chi connectivity index (χ0) is 17.5. The predicted molar refractivity (Wildman–Crippen MR) is 88.4 cm³/mol. The number of aromatic nitrogens is 2. The highest BCUT2D eigenvalue weighted by Gasteiger charge is 2.24. The van der Waals surface area contributed by atoms with Gasteiger partial charge in [-0.15, -0.1) is 0 Å². The average molecular weight is 351 g/mol. The van der Waals surface area contributed by atoms with Gasteiger partial charge in [-0.25, -0.2) is 4.98 Å². The molecule has 0 saturated heterocycles. The molecule has 0 spiro atoms. The van der Waals surface area contributed by atoms with Crippen molar-refractivity contribution in [2.24, 2.45) is 0 Å². The molecule has 1 heterocycles. The van der Waals surface area contributed by atoms with E-state index in [-0.39, 0.29) is 36.4 Å². The molecule has 0 aliphatic carbocycles. The van der Waals surface area contributed by atoms with Gasteiger partial charge in [0.15, 0.2) is 0 Å². The Bertz CT molecular complexity index is 727. The van der Waals surface area contributed by atoms with Crippen LogP contribution in [0.5, 0.6) is 0 Å². The Labute approximate surface area is 143 Å². The molecule has 8 nitrogen and oxygen atoms in total. The maximum absolute atomic E-state index is 11.7. The number of halogens is 1. The number of esters is 1. The standard InChI is InChI=1S/C15H15ClN4O4/c1-2-24-13(21)8-9-19(11-6-4-3-5-7-11)14-12(20(22)23)10-17-15(16)18-14/h3-7,10H,2,8-9H2,1H3. The van der Waals surface area contributed by atoms with Crippen molar-refractivity contribution >= 4 is 34.8 Å². The second-order valence-electron chi connectivity index (χ2n) is 4.65. The normalized spacial score (nSPS) is 10.2. The number of anilines is 2. The van der Waals surface area contributed by atoms with Gasteiger partial charge >= 0.3 is 11.7 Å². The van der Waals surface area contributed by atoms with Crippen molar-refractivity contribution in [3.63, 3.8) is 0 Å². The van der Waals surface area contributed by atoms with Crippen molar-refractivity contribution in [3.05, 3.63) is 51.9 Å². The van der Waals surface area contributed by atoms with Crippen LogP contribution in [0.15, 0.2) is 36.5 Å². The van der Waals surface area contributed by atoms with E-state index in [4.69, 9.17) is 16.3 Å². The van der Waals surface area contributed by atoms with Gasteiger partial charge in [-0.3, -0.25) is 14.9 Å². The SMILES string of the molecule is CCOC(=O)CCN(c1ccccc1)c1nc(Cl)ncc1[N+](=O)[O-]. The monoisotopic (exact) mass is 350 g/mol. The smallest absolute Gasteiger partial charge is 0.330 e. The van der Waals surface area contributed by atoms with Crippen molar-refractivity contribution in [1.29, 1.82) is 0 Å². The summed E-state index contributed by atoms with van der Waals surface area (Å²) in [5.74, 6) is -0.378. The third-order valence-corrected chi connectivity index (χ3v) is 3.27. The van der Waals surface area contributed by atoms with Gasteiger partial charge in [0, 0.05) is 12.2 Å². The number of rotatable bonds is 7. The van der Waals surface area contributed by atoms with E-state index in [1.165, 1.54) is 0 Å². The van der Waals surface area contributed by atoms with Gasteiger partial charge in [0.25, 0.3) is 0 Å². The summed E-state index contributed by atoms with van der Waals surface area (Å²) >= 11 is 5.80. The number of hydrogen-bond donors (Lipinski definition) is 0. The second-order valence-corrected chi connectivity index (χ2v) is 4.99. The summed E-state index contributed by atoms with van der Waals surface area (Å²) in [6, 6.07) is 8.88. The first-order valence-electron chi connectivity index (χ1n) is 7.18. The van der Waals surface area contributed by atoms with Gasteiger partial charge in [-0.1, -0.05) is 18.2 Å². The molecule has 0 unspecified atom stereocenters. The van der Waals surface area contributed by atoms with Crippen LogP contribution in [-0.4, -0.2) is 34.0 Å². The Morgan fingerprint density at radius 1 is 1.38 bits per heavy atom. The Hall–Kier alpha value is -2.74. The summed E-state index contributed by atoms with van der Waals surface area (Å²) in [6.07, 6.45) is 1.09. The number of ether oxygens (including phenoxy) is 1. The van der Waals surface area contributed by atoms with Crippen molar-refractivity contribution < 1.29 is 14.5 Å². The molecule has 0 fully saturated rings. The molecule has 126 valence electrons. The van der Waals surface area contributed by atoms with E-state index in [9.17, 15) is 14.9 Å². The molecular weight excluding hydrogens is 336 g/mol. The Kier molecular flexibility index (Phi) is 6.02. The Balaban J connectivity index is 2.41. The lowest BCUT2D eigenvalue weighted by molar-refractivity contribution is -0.384. The average Bonchev–Trinajstić information content (AvgIpc) is 2.56. The number of nitro groups is 1. The van der Waals surface area contributed by atoms with Crippen LogP contribution in [-0.2, 0) is 9.53 Å². The van der Waals surface area contributed by atoms with Crippen LogP contribution in [0.3, 0.4) is 0 Å². The molecule has 0 aliphatic rings. The fourth-order valence-electron chi connectivity index (χ4n) is 2.07. The fraction of sp³-hybridized carbons (Fsp3) is 0.267. The van der Waals surface area contributed by atoms with Crippen molar-refractivity contribution in [2.75, 3.05) is 18.1 Å². The van der Waals surface area contributed by atoms with Crippen molar-refractivity contribution in [2.45, 2.75) is 13.3 Å². The lowest BCUT2D eigenvalue weighted by Gasteiger charge is -2.23. The van der Waals surface area contributed by atoms with Crippen LogP contribution >= 0.6 is 11.6 Å². The first-order chi connectivity index (χ1) is 11.5. The maximum atomic E-state index is 11.7. The number of carbonyl (C=O) groups excluding carboxylic acids is 1. The Morgan fingerprint density at radius 2 is 2.08 bits per heavy atom. The molecule has 2 rings (SSSR count). The molecule has 0 saturated carbocycles. The van der Waals surface area contributed by atoms with E-state index < -0.39 is 10.9 Å². The minimum atomic E-state index is -0.591. The largest absolute Gasteiger partial charge is 0.466 e. The maximum Gasteiger partial charge on any atom is 0.330 e. The summed E-state index contributed by atoms with van der Waals surface area (Å²) in [5.41, 5.74) is 0.340. The van der Waals surface area contributed by atoms with E-state index in [0.29, 0.717) is 5.69 Å². The van der Waals surface area contributed by atoms with Crippen LogP contribution in [0.25, 0.3) is 0 Å². The lowest BCUT2D eigenvalue weighted by atomic mass is 10.2. The van der Waals surface area contributed by atoms with Crippen molar-refractivity contribution in [1.82, 2.24) is 9.97 Å². The van der Waals surface area contributed by atoms with Gasteiger partial charge < -0.3 is 9.64 Å². The first kappa shape index (κ1) is 17.6. The van der Waals surface area contributed by atoms with E-state index in [1.807, 2.05) is 6.07 Å². The van der Waals surface area contributed by atoms with Crippen LogP contribution < -0.4 is 4.90 Å². The third kappa shape index (κ3) is 4.39. The van der Waals surface area contributed by atoms with Crippen LogP contribution in [0.1, 0.15) is 13.3 Å². The summed E-state index contributed by atoms with van der Waals surface area (Å²) in [5, 5.41) is 11.2. The summed E-state index contributed by atoms with van der Waals surface area (Å²) in [7, 11) is 0. The van der Waals surface area contributed by atoms with Crippen LogP contribution in [0.2, 0.25) is 5.28 Å². The summed E-state index contributed by atoms with van der Waals surface area (Å²) < 4.78 is 4.91. The van der Waals surface area contributed by atoms with Crippen LogP contribution in [0.4, 0.5) is 17.2 Å². The predicted octanol–water partition coefficient (Wildman–Crippen LogP) is 3.13. The second kappa shape index (κ2) is 8.21. The number of nitrogens with zero attached hydrogens (tertiary/aromatic N) is 4. The van der Waals surface area contributed by atoms with Gasteiger partial charge in [0.1, 0.15) is 6.20 Å². The molecule has 0 amide bonds. The molecule has 0 atom stereocenters. The minimum absolute atomic E-state index is 0.0236. The molecule has 2 aromatic rings. The van der Waals surface area contributed by atoms with Gasteiger partial charge in [0.05, 0.1) is 18.0 Å². The molecule has 0 radical (unpaired) electrons. The van der Waals surface area contributed by atoms with Gasteiger partial charge in [-0.05, 0) is 30.7 Å². The van der Waals surface area contributed by atoms with E-state index in [1.54, 1.807) is 36.1 Å². The number of hydrogen-bond acceptors (Lipinski definition) is 7. The van der Waals surface area contributed by atoms with E-state index in [2.05, 4.69) is 9.97 Å². The number of carbonyl (C=O) groups is 1. The topological polar surface area (TPSA) is 98.5 Å². The highest BCUT2D eigenvalue weighted by molar-refractivity contribution is 6.28. The van der Waals surface area contributed by atoms with Gasteiger partial charge in [-0.2, -0.15) is 4.98 Å². The van der Waals surface area contributed by atoms with E-state index in [0.717, 1.165) is 6.20 Å². The molecule has 0 aliphatic heterocycles. The fourth-order valence-corrected chi connectivity index (χ4v) is 2.20. The molecular formula is C15H15ClN4O4. The van der Waals surface area contributed by atoms with Gasteiger partial charge in [0.2, 0.25) is 11.1 Å². The molecule has 24 heavy (non-hydrogen) atoms. The lowest BCUT2D eigenvalue weighted by Crippen LogP contribution is -2.24. The molecule has 1 aromatic carbocycles. The number of benzene rings is 1. The molecule has 0 N–H and O–H groups in total. The quantitative estimate of drug-likeness (QED) is 0.327. The molecule has 9 heteroatoms. The molecule has 1 aromatic heterocycles. The minimum Gasteiger partial charge on any atom is -0.466 e. The highest BCUT2D eigenvalue weighted by Crippen LogP contribution is 2.32. The number of para-hydroxylation sites is 1. The van der Waals surface area contributed by atoms with E-state index >= 15 is 0 Å². The summed E-state index contributed by atoms with van der Waals surface area (Å²) in [6.45, 7) is 2.13. The van der Waals surface area contributed by atoms with Crippen LogP contribution in [0, 0.1) is 10.1 Å². The first-order valence-corrected chi connectivity index (χ1v) is 7.56.